The Labute approximate surface area is 145 Å². The SMILES string of the molecule is COC(=O)NCc1ccc(NC(=O)[C@@H]2C[C@H]2c2ccc(C)s2)cc1. The Kier molecular flexibility index (Phi) is 4.85. The second-order valence-corrected chi connectivity index (χ2v) is 7.25. The molecule has 3 rings (SSSR count). The van der Waals surface area contributed by atoms with Crippen molar-refractivity contribution < 1.29 is 14.3 Å². The van der Waals surface area contributed by atoms with E-state index in [0.717, 1.165) is 17.7 Å². The van der Waals surface area contributed by atoms with Crippen molar-refractivity contribution in [3.8, 4) is 0 Å². The van der Waals surface area contributed by atoms with E-state index < -0.39 is 6.09 Å². The van der Waals surface area contributed by atoms with E-state index in [0.29, 0.717) is 12.5 Å². The van der Waals surface area contributed by atoms with Gasteiger partial charge in [0.25, 0.3) is 0 Å². The van der Waals surface area contributed by atoms with E-state index in [9.17, 15) is 9.59 Å². The highest BCUT2D eigenvalue weighted by Gasteiger charge is 2.44. The summed E-state index contributed by atoms with van der Waals surface area (Å²) < 4.78 is 4.52. The van der Waals surface area contributed by atoms with Crippen LogP contribution in [0.4, 0.5) is 10.5 Å². The smallest absolute Gasteiger partial charge is 0.407 e. The van der Waals surface area contributed by atoms with Gasteiger partial charge in [0, 0.05) is 33.8 Å². The third kappa shape index (κ3) is 3.94. The van der Waals surface area contributed by atoms with E-state index >= 15 is 0 Å². The summed E-state index contributed by atoms with van der Waals surface area (Å²) in [5, 5.41) is 5.58. The van der Waals surface area contributed by atoms with Crippen molar-refractivity contribution in [1.29, 1.82) is 0 Å². The van der Waals surface area contributed by atoms with Gasteiger partial charge < -0.3 is 15.4 Å². The third-order valence-corrected chi connectivity index (χ3v) is 5.23. The Morgan fingerprint density at radius 2 is 1.96 bits per heavy atom. The molecule has 1 aliphatic rings. The third-order valence-electron chi connectivity index (χ3n) is 4.10. The average Bonchev–Trinajstić information content (AvgIpc) is 3.28. The van der Waals surface area contributed by atoms with E-state index in [1.165, 1.54) is 16.9 Å². The van der Waals surface area contributed by atoms with Crippen LogP contribution in [0, 0.1) is 12.8 Å². The average molecular weight is 344 g/mol. The number of amides is 2. The molecule has 2 amide bonds. The minimum atomic E-state index is -0.462. The summed E-state index contributed by atoms with van der Waals surface area (Å²) >= 11 is 1.77. The van der Waals surface area contributed by atoms with Crippen LogP contribution in [0.25, 0.3) is 0 Å². The molecule has 0 saturated heterocycles. The summed E-state index contributed by atoms with van der Waals surface area (Å²) in [6.07, 6.45) is 0.461. The largest absolute Gasteiger partial charge is 0.453 e. The molecule has 24 heavy (non-hydrogen) atoms. The lowest BCUT2D eigenvalue weighted by molar-refractivity contribution is -0.117. The summed E-state index contributed by atoms with van der Waals surface area (Å²) in [7, 11) is 1.33. The van der Waals surface area contributed by atoms with Gasteiger partial charge in [-0.3, -0.25) is 4.79 Å². The number of aryl methyl sites for hydroxylation is 1. The molecule has 2 N–H and O–H groups in total. The number of ether oxygens (including phenoxy) is 1. The van der Waals surface area contributed by atoms with Crippen molar-refractivity contribution in [1.82, 2.24) is 5.32 Å². The van der Waals surface area contributed by atoms with Crippen LogP contribution in [-0.2, 0) is 16.1 Å². The van der Waals surface area contributed by atoms with Crippen molar-refractivity contribution >= 4 is 29.0 Å². The number of hydrogen-bond donors (Lipinski definition) is 2. The van der Waals surface area contributed by atoms with Crippen LogP contribution >= 0.6 is 11.3 Å². The quantitative estimate of drug-likeness (QED) is 0.870. The summed E-state index contributed by atoms with van der Waals surface area (Å²) in [5.41, 5.74) is 1.71. The summed E-state index contributed by atoms with van der Waals surface area (Å²) in [4.78, 5) is 26.0. The Morgan fingerprint density at radius 1 is 1.21 bits per heavy atom. The fourth-order valence-electron chi connectivity index (χ4n) is 2.64. The number of methoxy groups -OCH3 is 1. The van der Waals surface area contributed by atoms with E-state index in [1.807, 2.05) is 24.3 Å². The second-order valence-electron chi connectivity index (χ2n) is 5.93. The van der Waals surface area contributed by atoms with Crippen LogP contribution in [-0.4, -0.2) is 19.1 Å². The van der Waals surface area contributed by atoms with Gasteiger partial charge in [-0.1, -0.05) is 12.1 Å². The number of alkyl carbamates (subject to hydrolysis) is 1. The molecule has 0 spiro atoms. The number of thiophene rings is 1. The first-order valence-electron chi connectivity index (χ1n) is 7.85. The highest BCUT2D eigenvalue weighted by molar-refractivity contribution is 7.12. The standard InChI is InChI=1S/C18H20N2O3S/c1-11-3-8-16(24-11)14-9-15(14)17(21)20-13-6-4-12(5-7-13)10-19-18(22)23-2/h3-8,14-15H,9-10H2,1-2H3,(H,19,22)(H,20,21)/t14-,15-/m1/s1. The van der Waals surface area contributed by atoms with Gasteiger partial charge in [0.2, 0.25) is 5.91 Å². The van der Waals surface area contributed by atoms with Gasteiger partial charge in [-0.15, -0.1) is 11.3 Å². The van der Waals surface area contributed by atoms with Gasteiger partial charge in [0.15, 0.2) is 0 Å². The van der Waals surface area contributed by atoms with Gasteiger partial charge in [0.05, 0.1) is 7.11 Å². The van der Waals surface area contributed by atoms with Crippen LogP contribution < -0.4 is 10.6 Å². The van der Waals surface area contributed by atoms with E-state index in [1.54, 1.807) is 11.3 Å². The Morgan fingerprint density at radius 3 is 2.58 bits per heavy atom. The van der Waals surface area contributed by atoms with Crippen molar-refractivity contribution in [2.75, 3.05) is 12.4 Å². The lowest BCUT2D eigenvalue weighted by Crippen LogP contribution is -2.22. The summed E-state index contributed by atoms with van der Waals surface area (Å²) in [6, 6.07) is 11.7. The molecule has 0 radical (unpaired) electrons. The molecule has 0 bridgehead atoms. The number of carbonyl (C=O) groups is 2. The molecule has 1 aromatic carbocycles. The minimum Gasteiger partial charge on any atom is -0.453 e. The molecular weight excluding hydrogens is 324 g/mol. The van der Waals surface area contributed by atoms with E-state index in [2.05, 4.69) is 34.4 Å². The maximum Gasteiger partial charge on any atom is 0.407 e. The zero-order valence-electron chi connectivity index (χ0n) is 13.7. The highest BCUT2D eigenvalue weighted by Crippen LogP contribution is 2.50. The fraction of sp³-hybridized carbons (Fsp3) is 0.333. The van der Waals surface area contributed by atoms with Gasteiger partial charge >= 0.3 is 6.09 Å². The van der Waals surface area contributed by atoms with Crippen LogP contribution in [0.3, 0.4) is 0 Å². The molecule has 5 nitrogen and oxygen atoms in total. The number of hydrogen-bond acceptors (Lipinski definition) is 4. The lowest BCUT2D eigenvalue weighted by Gasteiger charge is -2.07. The van der Waals surface area contributed by atoms with Crippen LogP contribution in [0.2, 0.25) is 0 Å². The summed E-state index contributed by atoms with van der Waals surface area (Å²) in [6.45, 7) is 2.48. The number of benzene rings is 1. The molecule has 6 heteroatoms. The molecule has 1 aliphatic carbocycles. The predicted octanol–water partition coefficient (Wildman–Crippen LogP) is 3.65. The highest BCUT2D eigenvalue weighted by atomic mass is 32.1. The molecule has 2 atom stereocenters. The van der Waals surface area contributed by atoms with Crippen LogP contribution in [0.5, 0.6) is 0 Å². The Balaban J connectivity index is 1.51. The number of nitrogens with one attached hydrogen (secondary N) is 2. The molecule has 2 aromatic rings. The Bertz CT molecular complexity index is 739. The van der Waals surface area contributed by atoms with Crippen LogP contribution in [0.1, 0.15) is 27.7 Å². The summed E-state index contributed by atoms with van der Waals surface area (Å²) in [5.74, 6) is 0.516. The van der Waals surface area contributed by atoms with E-state index in [-0.39, 0.29) is 11.8 Å². The lowest BCUT2D eigenvalue weighted by atomic mass is 10.2. The number of carbonyl (C=O) groups excluding carboxylic acids is 2. The van der Waals surface area contributed by atoms with Gasteiger partial charge in [0.1, 0.15) is 0 Å². The van der Waals surface area contributed by atoms with Crippen LogP contribution in [0.15, 0.2) is 36.4 Å². The van der Waals surface area contributed by atoms with Gasteiger partial charge in [-0.25, -0.2) is 4.79 Å². The molecular formula is C18H20N2O3S. The van der Waals surface area contributed by atoms with Gasteiger partial charge in [-0.2, -0.15) is 0 Å². The molecule has 0 aliphatic heterocycles. The predicted molar refractivity (Wildman–Crippen MR) is 94.2 cm³/mol. The maximum atomic E-state index is 12.3. The van der Waals surface area contributed by atoms with Crippen molar-refractivity contribution in [2.24, 2.45) is 5.92 Å². The van der Waals surface area contributed by atoms with Crippen molar-refractivity contribution in [3.63, 3.8) is 0 Å². The van der Waals surface area contributed by atoms with Gasteiger partial charge in [-0.05, 0) is 43.2 Å². The second kappa shape index (κ2) is 7.05. The monoisotopic (exact) mass is 344 g/mol. The first-order valence-corrected chi connectivity index (χ1v) is 8.66. The molecule has 126 valence electrons. The maximum absolute atomic E-state index is 12.3. The Hall–Kier alpha value is -2.34. The number of rotatable bonds is 5. The zero-order chi connectivity index (χ0) is 17.1. The molecule has 1 aromatic heterocycles. The first kappa shape index (κ1) is 16.5. The molecule has 1 fully saturated rings. The van der Waals surface area contributed by atoms with Crippen molar-refractivity contribution in [2.45, 2.75) is 25.8 Å². The zero-order valence-corrected chi connectivity index (χ0v) is 14.5. The first-order chi connectivity index (χ1) is 11.6. The van der Waals surface area contributed by atoms with E-state index in [4.69, 9.17) is 0 Å². The molecule has 0 unspecified atom stereocenters. The fourth-order valence-corrected chi connectivity index (χ4v) is 3.70. The normalized spacial score (nSPS) is 18.8. The topological polar surface area (TPSA) is 67.4 Å². The molecule has 1 heterocycles. The minimum absolute atomic E-state index is 0.0729. The number of anilines is 1. The van der Waals surface area contributed by atoms with Crippen molar-refractivity contribution in [3.05, 3.63) is 51.7 Å². The molecule has 1 saturated carbocycles.